The highest BCUT2D eigenvalue weighted by Crippen LogP contribution is 2.26. The Morgan fingerprint density at radius 1 is 1.37 bits per heavy atom. The van der Waals surface area contributed by atoms with Gasteiger partial charge in [-0.2, -0.15) is 0 Å². The Bertz CT molecular complexity index is 644. The molecule has 98 valence electrons. The van der Waals surface area contributed by atoms with Gasteiger partial charge in [-0.1, -0.05) is 11.6 Å². The Morgan fingerprint density at radius 3 is 2.74 bits per heavy atom. The zero-order chi connectivity index (χ0) is 14.0. The Labute approximate surface area is 115 Å². The number of carboxylic acids is 1. The molecule has 1 heterocycles. The Morgan fingerprint density at radius 2 is 2.11 bits per heavy atom. The van der Waals surface area contributed by atoms with Crippen molar-refractivity contribution in [3.05, 3.63) is 46.4 Å². The van der Waals surface area contributed by atoms with E-state index in [4.69, 9.17) is 16.7 Å². The molecule has 0 fully saturated rings. The molecule has 1 aromatic carbocycles. The number of rotatable bonds is 3. The van der Waals surface area contributed by atoms with E-state index in [0.29, 0.717) is 16.5 Å². The third kappa shape index (κ3) is 3.00. The molecule has 0 aliphatic carbocycles. The van der Waals surface area contributed by atoms with E-state index in [2.05, 4.69) is 15.3 Å². The lowest BCUT2D eigenvalue weighted by Gasteiger charge is -2.10. The lowest BCUT2D eigenvalue weighted by Crippen LogP contribution is -2.02. The first-order valence-electron chi connectivity index (χ1n) is 5.57. The van der Waals surface area contributed by atoms with Crippen molar-refractivity contribution in [2.45, 2.75) is 13.8 Å². The molecule has 0 amide bonds. The average molecular weight is 278 g/mol. The number of halogens is 1. The summed E-state index contributed by atoms with van der Waals surface area (Å²) in [6.45, 7) is 3.67. The lowest BCUT2D eigenvalue weighted by atomic mass is 10.2. The van der Waals surface area contributed by atoms with Crippen LogP contribution in [0.1, 0.15) is 21.7 Å². The minimum atomic E-state index is -1.01. The molecule has 0 aliphatic heterocycles. The summed E-state index contributed by atoms with van der Waals surface area (Å²) in [5.41, 5.74) is 2.26. The molecular formula is C13H12ClN3O2. The summed E-state index contributed by atoms with van der Waals surface area (Å²) in [5.74, 6) is -0.412. The molecule has 0 atom stereocenters. The SMILES string of the molecule is Cc1cnc(C)c(Nc2ccc(C(=O)O)cc2Cl)n1. The number of carboxylic acid groups (broad SMARTS) is 1. The van der Waals surface area contributed by atoms with Crippen molar-refractivity contribution in [1.82, 2.24) is 9.97 Å². The van der Waals surface area contributed by atoms with Crippen molar-refractivity contribution in [1.29, 1.82) is 0 Å². The lowest BCUT2D eigenvalue weighted by molar-refractivity contribution is 0.0697. The normalized spacial score (nSPS) is 10.3. The minimum Gasteiger partial charge on any atom is -0.478 e. The molecule has 2 aromatic rings. The van der Waals surface area contributed by atoms with Crippen LogP contribution in [0, 0.1) is 13.8 Å². The Kier molecular flexibility index (Phi) is 3.66. The van der Waals surface area contributed by atoms with Crippen LogP contribution in [-0.2, 0) is 0 Å². The zero-order valence-corrected chi connectivity index (χ0v) is 11.2. The van der Waals surface area contributed by atoms with E-state index in [-0.39, 0.29) is 5.56 Å². The monoisotopic (exact) mass is 277 g/mol. The third-order valence-electron chi connectivity index (χ3n) is 2.55. The maximum Gasteiger partial charge on any atom is 0.335 e. The largest absolute Gasteiger partial charge is 0.478 e. The highest BCUT2D eigenvalue weighted by molar-refractivity contribution is 6.33. The predicted octanol–water partition coefficient (Wildman–Crippen LogP) is 3.19. The number of nitrogens with one attached hydrogen (secondary N) is 1. The molecule has 0 saturated heterocycles. The number of benzene rings is 1. The van der Waals surface area contributed by atoms with Crippen LogP contribution in [0.15, 0.2) is 24.4 Å². The van der Waals surface area contributed by atoms with Crippen LogP contribution >= 0.6 is 11.6 Å². The quantitative estimate of drug-likeness (QED) is 0.901. The summed E-state index contributed by atoms with van der Waals surface area (Å²) in [6.07, 6.45) is 1.68. The number of aromatic carboxylic acids is 1. The summed E-state index contributed by atoms with van der Waals surface area (Å²) >= 11 is 6.04. The van der Waals surface area contributed by atoms with Gasteiger partial charge in [0.15, 0.2) is 5.82 Å². The maximum atomic E-state index is 10.8. The fourth-order valence-electron chi connectivity index (χ4n) is 1.53. The summed E-state index contributed by atoms with van der Waals surface area (Å²) in [6, 6.07) is 4.48. The van der Waals surface area contributed by atoms with E-state index < -0.39 is 5.97 Å². The first kappa shape index (κ1) is 13.3. The molecule has 2 rings (SSSR count). The van der Waals surface area contributed by atoms with E-state index in [1.54, 1.807) is 12.3 Å². The van der Waals surface area contributed by atoms with Gasteiger partial charge in [0.2, 0.25) is 0 Å². The Balaban J connectivity index is 2.33. The zero-order valence-electron chi connectivity index (χ0n) is 10.4. The second-order valence-corrected chi connectivity index (χ2v) is 4.48. The smallest absolute Gasteiger partial charge is 0.335 e. The minimum absolute atomic E-state index is 0.141. The molecule has 0 radical (unpaired) electrons. The van der Waals surface area contributed by atoms with E-state index in [1.807, 2.05) is 13.8 Å². The molecule has 0 spiro atoms. The number of anilines is 2. The molecule has 2 N–H and O–H groups in total. The molecule has 5 nitrogen and oxygen atoms in total. The Hall–Kier alpha value is -2.14. The number of hydrogen-bond acceptors (Lipinski definition) is 4. The van der Waals surface area contributed by atoms with Gasteiger partial charge in [0.25, 0.3) is 0 Å². The van der Waals surface area contributed by atoms with E-state index >= 15 is 0 Å². The van der Waals surface area contributed by atoms with Crippen LogP contribution < -0.4 is 5.32 Å². The summed E-state index contributed by atoms with van der Waals surface area (Å²) in [4.78, 5) is 19.3. The summed E-state index contributed by atoms with van der Waals surface area (Å²) in [5, 5.41) is 12.2. The number of aromatic nitrogens is 2. The number of nitrogens with zero attached hydrogens (tertiary/aromatic N) is 2. The first-order chi connectivity index (χ1) is 8.97. The second kappa shape index (κ2) is 5.24. The standard InChI is InChI=1S/C13H12ClN3O2/c1-7-6-15-8(2)12(16-7)17-11-4-3-9(13(18)19)5-10(11)14/h3-6H,1-2H3,(H,16,17)(H,18,19). The van der Waals surface area contributed by atoms with Crippen molar-refractivity contribution >= 4 is 29.1 Å². The highest BCUT2D eigenvalue weighted by atomic mass is 35.5. The molecule has 0 bridgehead atoms. The van der Waals surface area contributed by atoms with Gasteiger partial charge >= 0.3 is 5.97 Å². The fourth-order valence-corrected chi connectivity index (χ4v) is 1.76. The highest BCUT2D eigenvalue weighted by Gasteiger charge is 2.09. The second-order valence-electron chi connectivity index (χ2n) is 4.07. The van der Waals surface area contributed by atoms with Gasteiger partial charge in [-0.15, -0.1) is 0 Å². The summed E-state index contributed by atoms with van der Waals surface area (Å²) < 4.78 is 0. The van der Waals surface area contributed by atoms with E-state index in [9.17, 15) is 4.79 Å². The van der Waals surface area contributed by atoms with Gasteiger partial charge in [0.1, 0.15) is 0 Å². The fraction of sp³-hybridized carbons (Fsp3) is 0.154. The van der Waals surface area contributed by atoms with E-state index in [1.165, 1.54) is 12.1 Å². The molecule has 1 aromatic heterocycles. The molecule has 19 heavy (non-hydrogen) atoms. The van der Waals surface area contributed by atoms with Crippen molar-refractivity contribution in [2.24, 2.45) is 0 Å². The van der Waals surface area contributed by atoms with Crippen LogP contribution in [0.3, 0.4) is 0 Å². The van der Waals surface area contributed by atoms with Gasteiger partial charge in [0, 0.05) is 6.20 Å². The number of carbonyl (C=O) groups is 1. The van der Waals surface area contributed by atoms with Crippen LogP contribution in [0.5, 0.6) is 0 Å². The average Bonchev–Trinajstić information content (AvgIpc) is 2.36. The molecular weight excluding hydrogens is 266 g/mol. The van der Waals surface area contributed by atoms with Crippen LogP contribution in [0.2, 0.25) is 5.02 Å². The first-order valence-corrected chi connectivity index (χ1v) is 5.95. The van der Waals surface area contributed by atoms with Crippen LogP contribution in [0.4, 0.5) is 11.5 Å². The summed E-state index contributed by atoms with van der Waals surface area (Å²) in [7, 11) is 0. The van der Waals surface area contributed by atoms with Gasteiger partial charge in [-0.25, -0.2) is 9.78 Å². The molecule has 0 unspecified atom stereocenters. The topological polar surface area (TPSA) is 75.1 Å². The maximum absolute atomic E-state index is 10.8. The van der Waals surface area contributed by atoms with Gasteiger partial charge in [-0.05, 0) is 32.0 Å². The third-order valence-corrected chi connectivity index (χ3v) is 2.86. The molecule has 6 heteroatoms. The van der Waals surface area contributed by atoms with E-state index in [0.717, 1.165) is 11.4 Å². The molecule has 0 aliphatic rings. The van der Waals surface area contributed by atoms with Gasteiger partial charge < -0.3 is 10.4 Å². The van der Waals surface area contributed by atoms with Crippen molar-refractivity contribution in [2.75, 3.05) is 5.32 Å². The predicted molar refractivity (Wildman–Crippen MR) is 73.2 cm³/mol. The van der Waals surface area contributed by atoms with Crippen LogP contribution in [-0.4, -0.2) is 21.0 Å². The van der Waals surface area contributed by atoms with Gasteiger partial charge in [-0.3, -0.25) is 4.98 Å². The molecule has 0 saturated carbocycles. The van der Waals surface area contributed by atoms with Crippen molar-refractivity contribution in [3.8, 4) is 0 Å². The van der Waals surface area contributed by atoms with Crippen LogP contribution in [0.25, 0.3) is 0 Å². The van der Waals surface area contributed by atoms with Crippen molar-refractivity contribution in [3.63, 3.8) is 0 Å². The number of hydrogen-bond donors (Lipinski definition) is 2. The number of aryl methyl sites for hydroxylation is 2. The van der Waals surface area contributed by atoms with Crippen molar-refractivity contribution < 1.29 is 9.90 Å². The van der Waals surface area contributed by atoms with Gasteiger partial charge in [0.05, 0.1) is 27.7 Å².